The van der Waals surface area contributed by atoms with Crippen molar-refractivity contribution in [3.8, 4) is 0 Å². The summed E-state index contributed by atoms with van der Waals surface area (Å²) in [6, 6.07) is -0.467. The van der Waals surface area contributed by atoms with E-state index in [4.69, 9.17) is 15.6 Å². The van der Waals surface area contributed by atoms with Crippen molar-refractivity contribution in [2.45, 2.75) is 30.7 Å². The molecule has 1 fully saturated rings. The molecular weight excluding hydrogens is 322 g/mol. The average molecular weight is 338 g/mol. The third kappa shape index (κ3) is 2.37. The zero-order valence-electron chi connectivity index (χ0n) is 10.2. The number of rotatable bonds is 2. The first-order chi connectivity index (χ1) is 8.88. The number of aliphatic hydroxyl groups excluding tert-OH is 3. The molecule has 2 heterocycles. The summed E-state index contributed by atoms with van der Waals surface area (Å²) >= 11 is 3.23. The van der Waals surface area contributed by atoms with Crippen molar-refractivity contribution >= 4 is 22.0 Å². The van der Waals surface area contributed by atoms with Crippen LogP contribution in [0.4, 0.5) is 4.79 Å². The minimum absolute atomic E-state index is 0.447. The number of hydrogen-bond acceptors (Lipinski definition) is 6. The number of carbonyl (C=O) groups excluding carboxylic acids is 1. The maximum absolute atomic E-state index is 12.1. The van der Waals surface area contributed by atoms with Crippen molar-refractivity contribution in [3.05, 3.63) is 10.7 Å². The Morgan fingerprint density at radius 1 is 1.47 bits per heavy atom. The Balaban J connectivity index is 2.25. The Kier molecular flexibility index (Phi) is 4.14. The van der Waals surface area contributed by atoms with Crippen molar-refractivity contribution in [3.63, 3.8) is 0 Å². The number of nitrogens with zero attached hydrogens (tertiary/aromatic N) is 2. The molecule has 108 valence electrons. The monoisotopic (exact) mass is 337 g/mol. The highest BCUT2D eigenvalue weighted by atomic mass is 79.9. The van der Waals surface area contributed by atoms with Gasteiger partial charge in [-0.3, -0.25) is 4.90 Å². The van der Waals surface area contributed by atoms with E-state index in [0.717, 1.165) is 4.90 Å². The lowest BCUT2D eigenvalue weighted by Gasteiger charge is -2.38. The van der Waals surface area contributed by atoms with Crippen LogP contribution in [0.1, 0.15) is 0 Å². The summed E-state index contributed by atoms with van der Waals surface area (Å²) in [6.45, 7) is -0.447. The molecular formula is C10H16BrN3O5. The standard InChI is InChI=1S/C10H16BrN3O5/c1-13-8(12)4(11)2-14(10(13)18)9-7(17)6(16)5(3-15)19-9/h2,5-9,15-17H,3,12H2,1H3/t5-,6-,7-,8?,9-/m1/s1. The van der Waals surface area contributed by atoms with E-state index >= 15 is 0 Å². The van der Waals surface area contributed by atoms with Crippen LogP contribution in [0.3, 0.4) is 0 Å². The van der Waals surface area contributed by atoms with Gasteiger partial charge in [-0.2, -0.15) is 0 Å². The number of urea groups is 1. The molecule has 5 N–H and O–H groups in total. The lowest BCUT2D eigenvalue weighted by atomic mass is 10.1. The molecule has 0 bridgehead atoms. The van der Waals surface area contributed by atoms with Crippen molar-refractivity contribution < 1.29 is 24.9 Å². The van der Waals surface area contributed by atoms with Crippen molar-refractivity contribution in [2.75, 3.05) is 13.7 Å². The van der Waals surface area contributed by atoms with Crippen molar-refractivity contribution in [2.24, 2.45) is 5.73 Å². The Hall–Kier alpha value is -0.710. The third-order valence-electron chi connectivity index (χ3n) is 3.28. The quantitative estimate of drug-likeness (QED) is 0.477. The van der Waals surface area contributed by atoms with Gasteiger partial charge in [0.1, 0.15) is 24.5 Å². The van der Waals surface area contributed by atoms with E-state index in [1.54, 1.807) is 0 Å². The molecule has 0 aromatic carbocycles. The molecule has 2 amide bonds. The molecule has 2 aliphatic heterocycles. The summed E-state index contributed by atoms with van der Waals surface area (Å²) in [5.41, 5.74) is 5.76. The average Bonchev–Trinajstić information content (AvgIpc) is 2.68. The molecule has 0 aromatic rings. The maximum Gasteiger partial charge on any atom is 0.327 e. The van der Waals surface area contributed by atoms with Crippen LogP contribution in [-0.4, -0.2) is 75.5 Å². The highest BCUT2D eigenvalue weighted by Gasteiger charge is 2.48. The Labute approximate surface area is 118 Å². The van der Waals surface area contributed by atoms with Gasteiger partial charge in [0.05, 0.1) is 6.61 Å². The number of aliphatic hydroxyl groups is 3. The number of likely N-dealkylation sites (N-methyl/N-ethyl adjacent to an activating group) is 1. The SMILES string of the molecule is CN1C(=O)N([C@@H]2O[C@H](CO)[C@@H](O)[C@H]2O)C=C(Br)C1N. The van der Waals surface area contributed by atoms with E-state index < -0.39 is 43.3 Å². The van der Waals surface area contributed by atoms with Gasteiger partial charge in [-0.25, -0.2) is 4.79 Å². The molecule has 8 nitrogen and oxygen atoms in total. The minimum Gasteiger partial charge on any atom is -0.394 e. The zero-order valence-corrected chi connectivity index (χ0v) is 11.8. The number of hydrogen-bond donors (Lipinski definition) is 4. The molecule has 9 heteroatoms. The summed E-state index contributed by atoms with van der Waals surface area (Å²) in [6.07, 6.45) is -3.76. The van der Waals surface area contributed by atoms with E-state index in [1.807, 2.05) is 0 Å². The van der Waals surface area contributed by atoms with E-state index in [2.05, 4.69) is 15.9 Å². The fourth-order valence-electron chi connectivity index (χ4n) is 2.04. The number of halogens is 1. The summed E-state index contributed by atoms with van der Waals surface area (Å²) in [5.74, 6) is 0. The van der Waals surface area contributed by atoms with Gasteiger partial charge in [0.15, 0.2) is 6.23 Å². The highest BCUT2D eigenvalue weighted by molar-refractivity contribution is 9.11. The van der Waals surface area contributed by atoms with E-state index in [9.17, 15) is 15.0 Å². The van der Waals surface area contributed by atoms with Crippen LogP contribution in [0.2, 0.25) is 0 Å². The molecule has 2 aliphatic rings. The molecule has 1 saturated heterocycles. The van der Waals surface area contributed by atoms with Crippen LogP contribution in [0.25, 0.3) is 0 Å². The van der Waals surface area contributed by atoms with Crippen LogP contribution >= 0.6 is 15.9 Å². The first-order valence-corrected chi connectivity index (χ1v) is 6.48. The minimum atomic E-state index is -1.31. The predicted molar refractivity (Wildman–Crippen MR) is 67.7 cm³/mol. The van der Waals surface area contributed by atoms with Crippen LogP contribution < -0.4 is 5.73 Å². The number of carbonyl (C=O) groups is 1. The van der Waals surface area contributed by atoms with Crippen LogP contribution in [0.15, 0.2) is 10.7 Å². The van der Waals surface area contributed by atoms with Crippen LogP contribution in [0.5, 0.6) is 0 Å². The van der Waals surface area contributed by atoms with Gasteiger partial charge in [0.2, 0.25) is 0 Å². The molecule has 0 saturated carbocycles. The second-order valence-corrected chi connectivity index (χ2v) is 5.40. The third-order valence-corrected chi connectivity index (χ3v) is 3.95. The lowest BCUT2D eigenvalue weighted by Crippen LogP contribution is -2.56. The number of ether oxygens (including phenoxy) is 1. The van der Waals surface area contributed by atoms with E-state index in [-0.39, 0.29) is 0 Å². The first-order valence-electron chi connectivity index (χ1n) is 5.69. The van der Waals surface area contributed by atoms with Gasteiger partial charge in [-0.05, 0) is 0 Å². The topological polar surface area (TPSA) is 119 Å². The molecule has 0 spiro atoms. The molecule has 5 atom stereocenters. The van der Waals surface area contributed by atoms with Gasteiger partial charge in [0, 0.05) is 17.7 Å². The largest absolute Gasteiger partial charge is 0.394 e. The molecule has 19 heavy (non-hydrogen) atoms. The molecule has 2 rings (SSSR count). The fourth-order valence-corrected chi connectivity index (χ4v) is 2.57. The van der Waals surface area contributed by atoms with E-state index in [0.29, 0.717) is 4.48 Å². The molecule has 0 radical (unpaired) electrons. The normalized spacial score (nSPS) is 39.8. The van der Waals surface area contributed by atoms with Crippen LogP contribution in [0, 0.1) is 0 Å². The second kappa shape index (κ2) is 5.35. The van der Waals surface area contributed by atoms with Gasteiger partial charge in [0.25, 0.3) is 0 Å². The van der Waals surface area contributed by atoms with Gasteiger partial charge in [-0.1, -0.05) is 15.9 Å². The Morgan fingerprint density at radius 2 is 2.11 bits per heavy atom. The summed E-state index contributed by atoms with van der Waals surface area (Å²) in [4.78, 5) is 14.5. The summed E-state index contributed by atoms with van der Waals surface area (Å²) < 4.78 is 5.83. The fraction of sp³-hybridized carbons (Fsp3) is 0.700. The Morgan fingerprint density at radius 3 is 2.63 bits per heavy atom. The van der Waals surface area contributed by atoms with Gasteiger partial charge in [-0.15, -0.1) is 0 Å². The van der Waals surface area contributed by atoms with Crippen LogP contribution in [-0.2, 0) is 4.74 Å². The summed E-state index contributed by atoms with van der Waals surface area (Å²) in [7, 11) is 1.51. The first kappa shape index (κ1) is 14.7. The van der Waals surface area contributed by atoms with Gasteiger partial charge < -0.3 is 30.7 Å². The number of amides is 2. The molecule has 0 aliphatic carbocycles. The predicted octanol–water partition coefficient (Wildman–Crippen LogP) is -1.69. The molecule has 1 unspecified atom stereocenters. The summed E-state index contributed by atoms with van der Waals surface area (Å²) in [5, 5.41) is 28.6. The number of nitrogens with two attached hydrogens (primary N) is 1. The van der Waals surface area contributed by atoms with Crippen molar-refractivity contribution in [1.29, 1.82) is 0 Å². The molecule has 0 aromatic heterocycles. The maximum atomic E-state index is 12.1. The zero-order chi connectivity index (χ0) is 14.3. The van der Waals surface area contributed by atoms with E-state index in [1.165, 1.54) is 18.1 Å². The van der Waals surface area contributed by atoms with Crippen molar-refractivity contribution in [1.82, 2.24) is 9.80 Å². The van der Waals surface area contributed by atoms with Gasteiger partial charge >= 0.3 is 6.03 Å². The smallest absolute Gasteiger partial charge is 0.327 e. The lowest BCUT2D eigenvalue weighted by molar-refractivity contribution is -0.0706. The highest BCUT2D eigenvalue weighted by Crippen LogP contribution is 2.29. The second-order valence-electron chi connectivity index (χ2n) is 4.49. The Bertz CT molecular complexity index is 407.